The molecule has 0 aromatic heterocycles. The second-order valence-electron chi connectivity index (χ2n) is 7.73. The summed E-state index contributed by atoms with van der Waals surface area (Å²) >= 11 is 5.68. The Kier molecular flexibility index (Phi) is 10.8. The Morgan fingerprint density at radius 1 is 0.763 bits per heavy atom. The van der Waals surface area contributed by atoms with Crippen LogP contribution in [0.5, 0.6) is 0 Å². The number of rotatable bonds is 10. The molecule has 12 heteroatoms. The Hall–Kier alpha value is -2.38. The topological polar surface area (TPSA) is 87.2 Å². The summed E-state index contributed by atoms with van der Waals surface area (Å²) in [5, 5.41) is 9.85. The SMILES string of the molecule is [C-]#[N+]C(C(=O)OCC)=C1Sc2c(c(N(CC)CC)c3c(c2N(CC)CC)SC(=C(C#N)C(=O)OCC)S3)S1. The smallest absolute Gasteiger partial charge is 0.350 e. The average molecular weight is 591 g/mol. The van der Waals surface area contributed by atoms with Crippen LogP contribution >= 0.6 is 47.0 Å². The summed E-state index contributed by atoms with van der Waals surface area (Å²) < 4.78 is 11.6. The zero-order valence-corrected chi connectivity index (χ0v) is 25.6. The number of esters is 2. The van der Waals surface area contributed by atoms with E-state index in [0.717, 1.165) is 57.1 Å². The normalized spacial score (nSPS) is 13.3. The Labute approximate surface area is 241 Å². The Morgan fingerprint density at radius 2 is 1.16 bits per heavy atom. The van der Waals surface area contributed by atoms with Gasteiger partial charge in [0.1, 0.15) is 6.07 Å². The first kappa shape index (κ1) is 30.2. The highest BCUT2D eigenvalue weighted by molar-refractivity contribution is 8.26. The van der Waals surface area contributed by atoms with Crippen LogP contribution < -0.4 is 9.80 Å². The molecule has 0 bridgehead atoms. The number of fused-ring (bicyclic) bond motifs is 2. The molecule has 8 nitrogen and oxygen atoms in total. The fourth-order valence-electron chi connectivity index (χ4n) is 4.03. The van der Waals surface area contributed by atoms with E-state index >= 15 is 0 Å². The van der Waals surface area contributed by atoms with Crippen molar-refractivity contribution >= 4 is 70.4 Å². The maximum Gasteiger partial charge on any atom is 0.350 e. The van der Waals surface area contributed by atoms with E-state index < -0.39 is 11.9 Å². The summed E-state index contributed by atoms with van der Waals surface area (Å²) in [5.74, 6) is -1.24. The molecule has 1 aromatic carbocycles. The van der Waals surface area contributed by atoms with E-state index in [1.54, 1.807) is 13.8 Å². The Morgan fingerprint density at radius 3 is 1.50 bits per heavy atom. The van der Waals surface area contributed by atoms with Crippen molar-refractivity contribution in [2.75, 3.05) is 49.2 Å². The second-order valence-corrected chi connectivity index (χ2v) is 12.3. The van der Waals surface area contributed by atoms with Gasteiger partial charge in [-0.3, -0.25) is 4.79 Å². The van der Waals surface area contributed by atoms with Crippen molar-refractivity contribution in [2.24, 2.45) is 0 Å². The molecule has 2 aliphatic heterocycles. The summed E-state index contributed by atoms with van der Waals surface area (Å²) in [6.45, 7) is 22.8. The third kappa shape index (κ3) is 5.64. The van der Waals surface area contributed by atoms with Gasteiger partial charge in [0, 0.05) is 26.2 Å². The highest BCUT2D eigenvalue weighted by Gasteiger charge is 2.40. The van der Waals surface area contributed by atoms with Crippen LogP contribution in [0.2, 0.25) is 0 Å². The summed E-state index contributed by atoms with van der Waals surface area (Å²) in [7, 11) is 0. The fraction of sp³-hybridized carbons (Fsp3) is 0.462. The molecule has 0 amide bonds. The first-order chi connectivity index (χ1) is 18.3. The van der Waals surface area contributed by atoms with Crippen LogP contribution in [0.3, 0.4) is 0 Å². The molecule has 0 saturated heterocycles. The minimum Gasteiger partial charge on any atom is -0.471 e. The lowest BCUT2D eigenvalue weighted by Crippen LogP contribution is -2.26. The largest absolute Gasteiger partial charge is 0.471 e. The molecule has 3 rings (SSSR count). The van der Waals surface area contributed by atoms with Crippen LogP contribution in [0.15, 0.2) is 39.3 Å². The van der Waals surface area contributed by atoms with Gasteiger partial charge in [-0.25, -0.2) is 9.64 Å². The monoisotopic (exact) mass is 590 g/mol. The van der Waals surface area contributed by atoms with Crippen molar-refractivity contribution in [1.29, 1.82) is 5.26 Å². The van der Waals surface area contributed by atoms with Gasteiger partial charge in [-0.2, -0.15) is 5.26 Å². The predicted molar refractivity (Wildman–Crippen MR) is 157 cm³/mol. The Bertz CT molecular complexity index is 1130. The molecule has 0 unspecified atom stereocenters. The van der Waals surface area contributed by atoms with Crippen molar-refractivity contribution in [3.8, 4) is 6.07 Å². The van der Waals surface area contributed by atoms with Crippen molar-refractivity contribution in [1.82, 2.24) is 0 Å². The van der Waals surface area contributed by atoms with Crippen molar-refractivity contribution in [3.63, 3.8) is 0 Å². The number of hydrogen-bond donors (Lipinski definition) is 0. The average Bonchev–Trinajstić information content (AvgIpc) is 3.52. The van der Waals surface area contributed by atoms with Crippen LogP contribution in [0.4, 0.5) is 11.4 Å². The molecular formula is C26H30N4O4S4. The highest BCUT2D eigenvalue weighted by atomic mass is 32.2. The van der Waals surface area contributed by atoms with E-state index in [-0.39, 0.29) is 24.5 Å². The lowest BCUT2D eigenvalue weighted by atomic mass is 10.2. The van der Waals surface area contributed by atoms with E-state index in [4.69, 9.17) is 16.0 Å². The van der Waals surface area contributed by atoms with E-state index in [1.807, 2.05) is 0 Å². The Balaban J connectivity index is 2.35. The maximum absolute atomic E-state index is 12.6. The summed E-state index contributed by atoms with van der Waals surface area (Å²) in [4.78, 5) is 37.2. The minimum absolute atomic E-state index is 0.00713. The molecule has 202 valence electrons. The van der Waals surface area contributed by atoms with E-state index in [0.29, 0.717) is 8.47 Å². The first-order valence-electron chi connectivity index (χ1n) is 12.4. The minimum atomic E-state index is -0.621. The fourth-order valence-corrected chi connectivity index (χ4v) is 9.72. The molecule has 0 saturated carbocycles. The lowest BCUT2D eigenvalue weighted by Gasteiger charge is -2.30. The van der Waals surface area contributed by atoms with Crippen LogP contribution in [-0.2, 0) is 19.1 Å². The molecule has 38 heavy (non-hydrogen) atoms. The number of thioether (sulfide) groups is 4. The standard InChI is InChI=1S/C26H30N4O4S4/c1-8-29(9-2)17-19-20(36-25(35-19)15(14-27)23(31)33-12-5)18(30(10-3)11-4)22-21(17)37-26(38-22)16(28-7)24(32)34-13-6/h8-13H2,1-6H3. The molecule has 0 aliphatic carbocycles. The van der Waals surface area contributed by atoms with Gasteiger partial charge in [-0.1, -0.05) is 47.0 Å². The quantitative estimate of drug-likeness (QED) is 0.0956. The van der Waals surface area contributed by atoms with Gasteiger partial charge in [0.15, 0.2) is 5.57 Å². The van der Waals surface area contributed by atoms with Crippen LogP contribution in [-0.4, -0.2) is 51.3 Å². The van der Waals surface area contributed by atoms with Crippen LogP contribution in [0.25, 0.3) is 4.85 Å². The molecular weight excluding hydrogens is 561 g/mol. The van der Waals surface area contributed by atoms with Crippen molar-refractivity contribution in [2.45, 2.75) is 61.1 Å². The number of carbonyl (C=O) groups is 2. The molecule has 0 N–H and O–H groups in total. The second kappa shape index (κ2) is 13.6. The van der Waals surface area contributed by atoms with Gasteiger partial charge in [-0.05, 0) is 41.5 Å². The molecule has 2 heterocycles. The van der Waals surface area contributed by atoms with Gasteiger partial charge in [0.2, 0.25) is 0 Å². The molecule has 0 radical (unpaired) electrons. The highest BCUT2D eigenvalue weighted by Crippen LogP contribution is 2.68. The molecule has 0 atom stereocenters. The zero-order chi connectivity index (χ0) is 28.0. The number of hydrogen-bond acceptors (Lipinski definition) is 11. The van der Waals surface area contributed by atoms with Gasteiger partial charge < -0.3 is 19.3 Å². The molecule has 2 aliphatic rings. The summed E-state index contributed by atoms with van der Waals surface area (Å²) in [6.07, 6.45) is 0. The molecule has 0 spiro atoms. The van der Waals surface area contributed by atoms with Crippen LogP contribution in [0.1, 0.15) is 41.5 Å². The lowest BCUT2D eigenvalue weighted by molar-refractivity contribution is -0.139. The van der Waals surface area contributed by atoms with Gasteiger partial charge in [0.05, 0.1) is 59.2 Å². The summed E-state index contributed by atoms with van der Waals surface area (Å²) in [6, 6.07) is 2.06. The third-order valence-corrected chi connectivity index (χ3v) is 11.0. The number of carbonyl (C=O) groups excluding carboxylic acids is 2. The predicted octanol–water partition coefficient (Wildman–Crippen LogP) is 6.72. The number of nitriles is 1. The van der Waals surface area contributed by atoms with Gasteiger partial charge >= 0.3 is 11.9 Å². The first-order valence-corrected chi connectivity index (χ1v) is 15.7. The zero-order valence-electron chi connectivity index (χ0n) is 22.3. The summed E-state index contributed by atoms with van der Waals surface area (Å²) in [5.41, 5.74) is 1.98. The molecule has 0 fully saturated rings. The number of ether oxygens (including phenoxy) is 2. The van der Waals surface area contributed by atoms with E-state index in [1.165, 1.54) is 47.0 Å². The molecule has 1 aromatic rings. The number of anilines is 2. The van der Waals surface area contributed by atoms with Gasteiger partial charge in [-0.15, -0.1) is 0 Å². The van der Waals surface area contributed by atoms with E-state index in [9.17, 15) is 14.9 Å². The van der Waals surface area contributed by atoms with Crippen molar-refractivity contribution in [3.05, 3.63) is 31.2 Å². The third-order valence-electron chi connectivity index (χ3n) is 5.78. The van der Waals surface area contributed by atoms with Crippen LogP contribution in [0, 0.1) is 17.9 Å². The van der Waals surface area contributed by atoms with Gasteiger partial charge in [0.25, 0.3) is 5.70 Å². The van der Waals surface area contributed by atoms with E-state index in [2.05, 4.69) is 48.4 Å². The van der Waals surface area contributed by atoms with Crippen molar-refractivity contribution < 1.29 is 19.1 Å². The number of nitrogens with zero attached hydrogens (tertiary/aromatic N) is 4. The number of benzene rings is 1. The maximum atomic E-state index is 12.6.